The molecule has 4 atom stereocenters. The number of hydrogen-bond acceptors (Lipinski definition) is 2. The van der Waals surface area contributed by atoms with E-state index in [4.69, 9.17) is 4.74 Å². The average molecular weight is 324 g/mol. The predicted molar refractivity (Wildman–Crippen MR) is 81.1 cm³/mol. The minimum atomic E-state index is 0.251. The number of rotatable bonds is 3. The molecular formula is C16H22BrNO. The Balaban J connectivity index is 1.71. The van der Waals surface area contributed by atoms with Crippen LogP contribution in [0.3, 0.4) is 0 Å². The first-order valence-corrected chi connectivity index (χ1v) is 7.92. The van der Waals surface area contributed by atoms with E-state index >= 15 is 0 Å². The maximum absolute atomic E-state index is 5.86. The molecule has 2 aliphatic rings. The molecule has 0 amide bonds. The topological polar surface area (TPSA) is 21.3 Å². The maximum Gasteiger partial charge on any atom is 0.0685 e. The van der Waals surface area contributed by atoms with Gasteiger partial charge in [-0.05, 0) is 31.0 Å². The predicted octanol–water partition coefficient (Wildman–Crippen LogP) is 3.91. The minimum Gasteiger partial charge on any atom is -0.377 e. The highest BCUT2D eigenvalue weighted by molar-refractivity contribution is 9.10. The van der Waals surface area contributed by atoms with Crippen molar-refractivity contribution in [3.05, 3.63) is 34.3 Å². The van der Waals surface area contributed by atoms with Gasteiger partial charge in [-0.2, -0.15) is 0 Å². The lowest BCUT2D eigenvalue weighted by Crippen LogP contribution is -2.66. The first-order valence-electron chi connectivity index (χ1n) is 7.13. The fourth-order valence-electron chi connectivity index (χ4n) is 3.80. The van der Waals surface area contributed by atoms with Gasteiger partial charge in [0.2, 0.25) is 0 Å². The van der Waals surface area contributed by atoms with Gasteiger partial charge in [0.15, 0.2) is 0 Å². The Morgan fingerprint density at radius 3 is 2.95 bits per heavy atom. The van der Waals surface area contributed by atoms with Crippen molar-refractivity contribution in [3.8, 4) is 0 Å². The summed E-state index contributed by atoms with van der Waals surface area (Å²) in [6.45, 7) is 7.83. The van der Waals surface area contributed by atoms with Crippen LogP contribution in [0.1, 0.15) is 38.8 Å². The van der Waals surface area contributed by atoms with Gasteiger partial charge in [0, 0.05) is 34.5 Å². The molecule has 19 heavy (non-hydrogen) atoms. The molecule has 1 aromatic rings. The van der Waals surface area contributed by atoms with Crippen molar-refractivity contribution in [3.63, 3.8) is 0 Å². The molecule has 104 valence electrons. The number of fused-ring (bicyclic) bond motifs is 1. The average Bonchev–Trinajstić information content (AvgIpc) is 2.82. The zero-order valence-electron chi connectivity index (χ0n) is 11.8. The molecule has 1 saturated heterocycles. The van der Waals surface area contributed by atoms with Crippen molar-refractivity contribution in [1.82, 2.24) is 5.32 Å². The molecule has 1 N–H and O–H groups in total. The fraction of sp³-hybridized carbons (Fsp3) is 0.625. The Hall–Kier alpha value is -0.380. The van der Waals surface area contributed by atoms with Gasteiger partial charge in [-0.15, -0.1) is 0 Å². The summed E-state index contributed by atoms with van der Waals surface area (Å²) in [6.07, 6.45) is 1.66. The summed E-state index contributed by atoms with van der Waals surface area (Å²) in [5.74, 6) is 0.699. The molecule has 0 spiro atoms. The van der Waals surface area contributed by atoms with Gasteiger partial charge < -0.3 is 10.1 Å². The zero-order chi connectivity index (χ0) is 13.6. The molecular weight excluding hydrogens is 302 g/mol. The van der Waals surface area contributed by atoms with Crippen LogP contribution in [0.2, 0.25) is 0 Å². The van der Waals surface area contributed by atoms with Crippen LogP contribution >= 0.6 is 15.9 Å². The molecule has 1 aliphatic carbocycles. The van der Waals surface area contributed by atoms with Gasteiger partial charge in [0.1, 0.15) is 0 Å². The smallest absolute Gasteiger partial charge is 0.0685 e. The molecule has 1 aliphatic heterocycles. The van der Waals surface area contributed by atoms with E-state index in [1.54, 1.807) is 0 Å². The lowest BCUT2D eigenvalue weighted by Gasteiger charge is -2.55. The Kier molecular flexibility index (Phi) is 3.48. The van der Waals surface area contributed by atoms with E-state index < -0.39 is 0 Å². The molecule has 3 heteroatoms. The van der Waals surface area contributed by atoms with E-state index in [1.807, 2.05) is 0 Å². The van der Waals surface area contributed by atoms with Crippen LogP contribution in [-0.4, -0.2) is 18.8 Å². The van der Waals surface area contributed by atoms with Gasteiger partial charge in [-0.3, -0.25) is 0 Å². The van der Waals surface area contributed by atoms with E-state index in [1.165, 1.54) is 12.0 Å². The summed E-state index contributed by atoms with van der Waals surface area (Å²) in [5, 5.41) is 3.82. The summed E-state index contributed by atoms with van der Waals surface area (Å²) < 4.78 is 7.00. The number of ether oxygens (including phenoxy) is 1. The number of hydrogen-bond donors (Lipinski definition) is 1. The first-order chi connectivity index (χ1) is 9.00. The summed E-state index contributed by atoms with van der Waals surface area (Å²) in [5.41, 5.74) is 1.59. The normalized spacial score (nSPS) is 33.6. The van der Waals surface area contributed by atoms with Crippen LogP contribution in [0.25, 0.3) is 0 Å². The minimum absolute atomic E-state index is 0.251. The van der Waals surface area contributed by atoms with Crippen molar-refractivity contribution in [2.45, 2.75) is 45.4 Å². The highest BCUT2D eigenvalue weighted by Gasteiger charge is 2.59. The Labute approximate surface area is 124 Å². The molecule has 4 unspecified atom stereocenters. The summed E-state index contributed by atoms with van der Waals surface area (Å²) in [6, 6.07) is 9.51. The molecule has 1 aromatic carbocycles. The lowest BCUT2D eigenvalue weighted by molar-refractivity contribution is -0.115. The van der Waals surface area contributed by atoms with E-state index in [-0.39, 0.29) is 5.41 Å². The highest BCUT2D eigenvalue weighted by atomic mass is 79.9. The zero-order valence-corrected chi connectivity index (χ0v) is 13.4. The molecule has 3 rings (SSSR count). The van der Waals surface area contributed by atoms with Crippen molar-refractivity contribution in [2.75, 3.05) is 6.61 Å². The summed E-state index contributed by atoms with van der Waals surface area (Å²) in [7, 11) is 0. The second-order valence-corrected chi connectivity index (χ2v) is 7.40. The van der Waals surface area contributed by atoms with Crippen LogP contribution in [0.4, 0.5) is 0 Å². The van der Waals surface area contributed by atoms with Gasteiger partial charge in [-0.25, -0.2) is 0 Å². The van der Waals surface area contributed by atoms with Crippen molar-refractivity contribution in [2.24, 2.45) is 11.3 Å². The second kappa shape index (κ2) is 4.87. The van der Waals surface area contributed by atoms with Crippen LogP contribution in [0, 0.1) is 11.3 Å². The summed E-state index contributed by atoms with van der Waals surface area (Å²) in [4.78, 5) is 0. The van der Waals surface area contributed by atoms with Gasteiger partial charge >= 0.3 is 0 Å². The van der Waals surface area contributed by atoms with E-state index in [2.05, 4.69) is 66.3 Å². The van der Waals surface area contributed by atoms with Gasteiger partial charge in [0.25, 0.3) is 0 Å². The standard InChI is InChI=1S/C16H22BrNO/c1-10(11-5-4-6-12(17)9-11)18-14-13-7-8-19-15(13)16(14,2)3/h4-6,9-10,13-15,18H,7-8H2,1-3H3. The van der Waals surface area contributed by atoms with Crippen LogP contribution < -0.4 is 5.32 Å². The Morgan fingerprint density at radius 2 is 2.21 bits per heavy atom. The molecule has 0 bridgehead atoms. The highest BCUT2D eigenvalue weighted by Crippen LogP contribution is 2.52. The fourth-order valence-corrected chi connectivity index (χ4v) is 4.22. The third-order valence-corrected chi connectivity index (χ3v) is 5.37. The third kappa shape index (κ3) is 2.26. The quantitative estimate of drug-likeness (QED) is 0.910. The molecule has 1 heterocycles. The summed E-state index contributed by atoms with van der Waals surface area (Å²) >= 11 is 3.55. The van der Waals surface area contributed by atoms with E-state index in [0.717, 1.165) is 11.1 Å². The lowest BCUT2D eigenvalue weighted by atomic mass is 9.57. The third-order valence-electron chi connectivity index (χ3n) is 4.88. The maximum atomic E-state index is 5.86. The molecule has 0 radical (unpaired) electrons. The van der Waals surface area contributed by atoms with E-state index in [9.17, 15) is 0 Å². The van der Waals surface area contributed by atoms with Crippen molar-refractivity contribution < 1.29 is 4.74 Å². The Morgan fingerprint density at radius 1 is 1.42 bits per heavy atom. The SMILES string of the molecule is CC(NC1C2CCOC2C1(C)C)c1cccc(Br)c1. The Bertz CT molecular complexity index is 474. The van der Waals surface area contributed by atoms with Crippen LogP contribution in [0.5, 0.6) is 0 Å². The molecule has 0 aromatic heterocycles. The first kappa shape index (κ1) is 13.6. The number of halogens is 1. The van der Waals surface area contributed by atoms with Crippen molar-refractivity contribution >= 4 is 15.9 Å². The molecule has 2 fully saturated rings. The van der Waals surface area contributed by atoms with Crippen LogP contribution in [0.15, 0.2) is 28.7 Å². The monoisotopic (exact) mass is 323 g/mol. The van der Waals surface area contributed by atoms with E-state index in [0.29, 0.717) is 24.1 Å². The number of nitrogens with one attached hydrogen (secondary N) is 1. The van der Waals surface area contributed by atoms with Crippen LogP contribution in [-0.2, 0) is 4.74 Å². The molecule has 1 saturated carbocycles. The van der Waals surface area contributed by atoms with Crippen molar-refractivity contribution in [1.29, 1.82) is 0 Å². The van der Waals surface area contributed by atoms with Gasteiger partial charge in [-0.1, -0.05) is 41.9 Å². The van der Waals surface area contributed by atoms with Gasteiger partial charge in [0.05, 0.1) is 6.10 Å². The molecule has 2 nitrogen and oxygen atoms in total. The largest absolute Gasteiger partial charge is 0.377 e. The number of benzene rings is 1. The second-order valence-electron chi connectivity index (χ2n) is 6.49.